The van der Waals surface area contributed by atoms with Crippen LogP contribution in [0.3, 0.4) is 0 Å². The fraction of sp³-hybridized carbons (Fsp3) is 0.533. The van der Waals surface area contributed by atoms with Gasteiger partial charge in [-0.2, -0.15) is 0 Å². The molecule has 0 spiro atoms. The largest absolute Gasteiger partial charge is 0.422 e. The first-order valence-electron chi connectivity index (χ1n) is 7.79. The molecule has 0 fully saturated rings. The molecular formula is C15H21F5N2O2Si. The monoisotopic (exact) mass is 384 g/mol. The Bertz CT molecular complexity index is 604. The molecule has 25 heavy (non-hydrogen) atoms. The maximum absolute atomic E-state index is 13.9. The third kappa shape index (κ3) is 4.29. The number of rotatable bonds is 8. The maximum Gasteiger partial charge on any atom is 0.319 e. The average Bonchev–Trinajstić information content (AvgIpc) is 2.60. The summed E-state index contributed by atoms with van der Waals surface area (Å²) in [6.45, 7) is 3.52. The molecule has 0 heterocycles. The lowest BCUT2D eigenvalue weighted by atomic mass is 9.92. The summed E-state index contributed by atoms with van der Waals surface area (Å²) < 4.78 is 73.2. The quantitative estimate of drug-likeness (QED) is 0.324. The van der Waals surface area contributed by atoms with Crippen molar-refractivity contribution < 1.29 is 31.2 Å². The number of primary amides is 1. The van der Waals surface area contributed by atoms with Gasteiger partial charge in [0, 0.05) is 6.54 Å². The number of hydrogen-bond acceptors (Lipinski definition) is 2. The van der Waals surface area contributed by atoms with Gasteiger partial charge in [-0.15, -0.1) is 0 Å². The Kier molecular flexibility index (Phi) is 7.36. The summed E-state index contributed by atoms with van der Waals surface area (Å²) in [7, 11) is 0.478. The van der Waals surface area contributed by atoms with E-state index < -0.39 is 46.4 Å². The van der Waals surface area contributed by atoms with Gasteiger partial charge in [-0.1, -0.05) is 13.8 Å². The molecule has 0 radical (unpaired) electrons. The van der Waals surface area contributed by atoms with E-state index in [4.69, 9.17) is 10.2 Å². The second-order valence-corrected chi connectivity index (χ2v) is 6.01. The van der Waals surface area contributed by atoms with E-state index in [0.717, 1.165) is 0 Å². The molecule has 2 amide bonds. The first-order valence-corrected chi connectivity index (χ1v) is 8.60. The van der Waals surface area contributed by atoms with Crippen LogP contribution in [0.15, 0.2) is 0 Å². The van der Waals surface area contributed by atoms with E-state index in [1.807, 2.05) is 13.8 Å². The zero-order valence-electron chi connectivity index (χ0n) is 14.3. The van der Waals surface area contributed by atoms with E-state index in [0.29, 0.717) is 34.6 Å². The molecule has 1 aromatic rings. The Labute approximate surface area is 145 Å². The predicted octanol–water partition coefficient (Wildman–Crippen LogP) is 2.90. The van der Waals surface area contributed by atoms with E-state index in [1.54, 1.807) is 0 Å². The Morgan fingerprint density at radius 1 is 1.04 bits per heavy atom. The highest BCUT2D eigenvalue weighted by atomic mass is 28.2. The fourth-order valence-corrected chi connectivity index (χ4v) is 3.50. The lowest BCUT2D eigenvalue weighted by Gasteiger charge is -2.32. The van der Waals surface area contributed by atoms with Crippen LogP contribution in [0, 0.1) is 29.1 Å². The normalized spacial score (nSPS) is 11.8. The first-order chi connectivity index (χ1) is 11.7. The molecule has 0 unspecified atom stereocenters. The minimum atomic E-state index is -2.29. The predicted molar refractivity (Wildman–Crippen MR) is 86.7 cm³/mol. The number of amides is 2. The molecule has 0 saturated heterocycles. The molecule has 1 rings (SSSR count). The minimum absolute atomic E-state index is 0.215. The van der Waals surface area contributed by atoms with Crippen molar-refractivity contribution in [3.8, 4) is 0 Å². The molecule has 142 valence electrons. The van der Waals surface area contributed by atoms with Crippen molar-refractivity contribution in [1.82, 2.24) is 0 Å². The number of hydrogen-bond donors (Lipinski definition) is 1. The fourth-order valence-electron chi connectivity index (χ4n) is 2.72. The molecule has 4 nitrogen and oxygen atoms in total. The number of anilines is 1. The van der Waals surface area contributed by atoms with Crippen LogP contribution in [-0.4, -0.2) is 28.7 Å². The lowest BCUT2D eigenvalue weighted by Crippen LogP contribution is -2.39. The van der Waals surface area contributed by atoms with E-state index in [-0.39, 0.29) is 13.0 Å². The highest BCUT2D eigenvalue weighted by molar-refractivity contribution is 5.98. The molecule has 0 aliphatic carbocycles. The van der Waals surface area contributed by atoms with Gasteiger partial charge >= 0.3 is 6.03 Å². The number of nitrogens with two attached hydrogens (primary N) is 1. The van der Waals surface area contributed by atoms with E-state index >= 15 is 0 Å². The molecule has 0 saturated carbocycles. The molecule has 0 atom stereocenters. The molecule has 10 heteroatoms. The van der Waals surface area contributed by atoms with Crippen molar-refractivity contribution in [2.45, 2.75) is 45.1 Å². The molecule has 0 aliphatic heterocycles. The second kappa shape index (κ2) is 8.61. The molecule has 2 N–H and O–H groups in total. The molecule has 0 aromatic heterocycles. The van der Waals surface area contributed by atoms with Gasteiger partial charge in [0.25, 0.3) is 0 Å². The van der Waals surface area contributed by atoms with Gasteiger partial charge < -0.3 is 10.2 Å². The molecule has 0 aliphatic rings. The van der Waals surface area contributed by atoms with Gasteiger partial charge in [-0.05, 0) is 25.7 Å². The van der Waals surface area contributed by atoms with Crippen LogP contribution < -0.4 is 10.6 Å². The highest BCUT2D eigenvalue weighted by Crippen LogP contribution is 2.31. The Morgan fingerprint density at radius 3 is 1.84 bits per heavy atom. The van der Waals surface area contributed by atoms with E-state index in [1.165, 1.54) is 0 Å². The molecule has 1 aromatic carbocycles. The average molecular weight is 384 g/mol. The van der Waals surface area contributed by atoms with Crippen molar-refractivity contribution >= 4 is 22.2 Å². The van der Waals surface area contributed by atoms with Crippen molar-refractivity contribution in [3.63, 3.8) is 0 Å². The third-order valence-electron chi connectivity index (χ3n) is 4.46. The van der Waals surface area contributed by atoms with Gasteiger partial charge in [0.15, 0.2) is 23.3 Å². The minimum Gasteiger partial charge on any atom is -0.422 e. The van der Waals surface area contributed by atoms with Gasteiger partial charge in [-0.25, -0.2) is 26.7 Å². The number of urea groups is 1. The smallest absolute Gasteiger partial charge is 0.319 e. The summed E-state index contributed by atoms with van der Waals surface area (Å²) in [5.41, 5.74) is 3.31. The number of halogens is 5. The van der Waals surface area contributed by atoms with Crippen molar-refractivity contribution in [2.24, 2.45) is 5.73 Å². The summed E-state index contributed by atoms with van der Waals surface area (Å²) >= 11 is 0. The Balaban J connectivity index is 3.13. The van der Waals surface area contributed by atoms with Crippen LogP contribution in [0.1, 0.15) is 39.5 Å². The van der Waals surface area contributed by atoms with Crippen molar-refractivity contribution in [2.75, 3.05) is 11.4 Å². The molecule has 0 bridgehead atoms. The van der Waals surface area contributed by atoms with Gasteiger partial charge in [-0.3, -0.25) is 4.90 Å². The summed E-state index contributed by atoms with van der Waals surface area (Å²) in [5.74, 6) is -10.7. The summed E-state index contributed by atoms with van der Waals surface area (Å²) in [6.07, 6.45) is 2.03. The van der Waals surface area contributed by atoms with E-state index in [9.17, 15) is 26.7 Å². The second-order valence-electron chi connectivity index (χ2n) is 5.61. The Hall–Kier alpha value is -1.68. The number of nitrogens with zero attached hydrogens (tertiary/aromatic N) is 1. The molecular weight excluding hydrogens is 363 g/mol. The first kappa shape index (κ1) is 21.4. The number of benzene rings is 1. The lowest BCUT2D eigenvalue weighted by molar-refractivity contribution is 0.0597. The Morgan fingerprint density at radius 2 is 1.48 bits per heavy atom. The van der Waals surface area contributed by atoms with Crippen molar-refractivity contribution in [1.29, 1.82) is 0 Å². The zero-order chi connectivity index (χ0) is 19.4. The van der Waals surface area contributed by atoms with Crippen LogP contribution in [0.2, 0.25) is 0 Å². The SMILES string of the molecule is CCC(CC)(CCCN(C(N)=O)c1c(F)c(F)c(F)c(F)c1F)O[SiH3]. The summed E-state index contributed by atoms with van der Waals surface area (Å²) in [6, 6.07) is -1.31. The van der Waals surface area contributed by atoms with Crippen molar-refractivity contribution in [3.05, 3.63) is 29.1 Å². The summed E-state index contributed by atoms with van der Waals surface area (Å²) in [5, 5.41) is 0. The van der Waals surface area contributed by atoms with Crippen LogP contribution >= 0.6 is 0 Å². The number of carbonyl (C=O) groups is 1. The standard InChI is InChI=1S/C15H21F5N2O2Si/c1-3-15(4-2,24-25)6-5-7-22(14(21)23)13-11(19)9(17)8(16)10(18)12(13)20/h3-7H2,1-2,25H3,(H2,21,23). The summed E-state index contributed by atoms with van der Waals surface area (Å²) in [4.78, 5) is 11.9. The van der Waals surface area contributed by atoms with Crippen LogP contribution in [-0.2, 0) is 4.43 Å². The zero-order valence-corrected chi connectivity index (χ0v) is 16.3. The van der Waals surface area contributed by atoms with Gasteiger partial charge in [0.05, 0.1) is 5.60 Å². The third-order valence-corrected chi connectivity index (χ3v) is 5.32. The number of carbonyl (C=O) groups excluding carboxylic acids is 1. The van der Waals surface area contributed by atoms with Gasteiger partial charge in [0.2, 0.25) is 5.82 Å². The van der Waals surface area contributed by atoms with Gasteiger partial charge in [0.1, 0.15) is 16.2 Å². The van der Waals surface area contributed by atoms with Crippen LogP contribution in [0.4, 0.5) is 32.4 Å². The van der Waals surface area contributed by atoms with Crippen LogP contribution in [0.25, 0.3) is 0 Å². The highest BCUT2D eigenvalue weighted by Gasteiger charge is 2.32. The van der Waals surface area contributed by atoms with Crippen LogP contribution in [0.5, 0.6) is 0 Å². The van der Waals surface area contributed by atoms with E-state index in [2.05, 4.69) is 0 Å². The topological polar surface area (TPSA) is 55.6 Å². The maximum atomic E-state index is 13.9.